The zero-order valence-electron chi connectivity index (χ0n) is 21.5. The average Bonchev–Trinajstić information content (AvgIpc) is 2.89. The highest BCUT2D eigenvalue weighted by atomic mass is 127. The van der Waals surface area contributed by atoms with Crippen LogP contribution in [0.25, 0.3) is 0 Å². The third-order valence-electron chi connectivity index (χ3n) is 5.37. The Kier molecular flexibility index (Phi) is 10.6. The van der Waals surface area contributed by atoms with Gasteiger partial charge in [0, 0.05) is 5.70 Å². The number of carbonyl (C=O) groups is 2. The number of amides is 2. The molecule has 11 nitrogen and oxygen atoms in total. The molecule has 0 saturated heterocycles. The minimum Gasteiger partial charge on any atom is -0.493 e. The topological polar surface area (TPSA) is 140 Å². The maximum atomic E-state index is 12.4. The number of hydrogen-bond donors (Lipinski definition) is 4. The van der Waals surface area contributed by atoms with Gasteiger partial charge in [0.2, 0.25) is 0 Å². The van der Waals surface area contributed by atoms with Crippen molar-refractivity contribution >= 4 is 40.8 Å². The molecule has 4 N–H and O–H groups in total. The van der Waals surface area contributed by atoms with E-state index in [2.05, 4.69) is 43.8 Å². The molecule has 0 aromatic heterocycles. The van der Waals surface area contributed by atoms with E-state index < -0.39 is 24.3 Å². The number of allylic oxidation sites excluding steroid dienone is 1. The maximum Gasteiger partial charge on any atom is 0.337 e. The summed E-state index contributed by atoms with van der Waals surface area (Å²) in [5.74, 6) is 1.01. The summed E-state index contributed by atoms with van der Waals surface area (Å²) in [4.78, 5) is 24.5. The van der Waals surface area contributed by atoms with Crippen LogP contribution in [0, 0.1) is 3.57 Å². The molecule has 0 saturated carbocycles. The van der Waals surface area contributed by atoms with Crippen molar-refractivity contribution in [1.82, 2.24) is 16.1 Å². The standard InChI is InChI=1S/C26H31IN4O7/c1-5-36-19-9-7-16(11-18(19)27)13-28-31-22(32)14-38-20-10-8-17(12-21(20)37-6-2)24-23(25(33)35-4)15(3)29-26(34)30-24/h7-13,22,24,31-32H,5-6,14H2,1-4H3,(H2,29,30,34)/b28-13-/t22-,24+/m0/s1. The van der Waals surface area contributed by atoms with E-state index in [1.165, 1.54) is 7.11 Å². The summed E-state index contributed by atoms with van der Waals surface area (Å²) >= 11 is 2.19. The lowest BCUT2D eigenvalue weighted by Crippen LogP contribution is -2.45. The highest BCUT2D eigenvalue weighted by molar-refractivity contribution is 14.1. The highest BCUT2D eigenvalue weighted by Crippen LogP contribution is 2.35. The van der Waals surface area contributed by atoms with Crippen molar-refractivity contribution < 1.29 is 33.6 Å². The Morgan fingerprint density at radius 3 is 2.53 bits per heavy atom. The summed E-state index contributed by atoms with van der Waals surface area (Å²) in [6.45, 7) is 6.20. The van der Waals surface area contributed by atoms with Crippen LogP contribution in [0.5, 0.6) is 17.2 Å². The molecule has 0 spiro atoms. The zero-order valence-corrected chi connectivity index (χ0v) is 23.7. The largest absolute Gasteiger partial charge is 0.493 e. The number of carbonyl (C=O) groups excluding carboxylic acids is 2. The van der Waals surface area contributed by atoms with Gasteiger partial charge in [-0.2, -0.15) is 5.10 Å². The second kappa shape index (κ2) is 13.9. The summed E-state index contributed by atoms with van der Waals surface area (Å²) in [5, 5.41) is 19.7. The molecule has 204 valence electrons. The van der Waals surface area contributed by atoms with Gasteiger partial charge in [0.05, 0.1) is 41.7 Å². The van der Waals surface area contributed by atoms with Gasteiger partial charge in [-0.15, -0.1) is 0 Å². The van der Waals surface area contributed by atoms with E-state index in [1.54, 1.807) is 31.3 Å². The predicted molar refractivity (Wildman–Crippen MR) is 149 cm³/mol. The van der Waals surface area contributed by atoms with Gasteiger partial charge in [-0.1, -0.05) is 6.07 Å². The quantitative estimate of drug-likeness (QED) is 0.0915. The first-order valence-electron chi connectivity index (χ1n) is 11.9. The molecule has 2 aromatic rings. The number of halogens is 1. The molecule has 2 amide bonds. The van der Waals surface area contributed by atoms with Gasteiger partial charge in [0.1, 0.15) is 12.4 Å². The molecule has 0 radical (unpaired) electrons. The predicted octanol–water partition coefficient (Wildman–Crippen LogP) is 3.21. The lowest BCUT2D eigenvalue weighted by Gasteiger charge is -2.28. The lowest BCUT2D eigenvalue weighted by atomic mass is 9.95. The van der Waals surface area contributed by atoms with Crippen LogP contribution in [0.15, 0.2) is 52.8 Å². The molecule has 2 aromatic carbocycles. The molecule has 12 heteroatoms. The number of benzene rings is 2. The lowest BCUT2D eigenvalue weighted by molar-refractivity contribution is -0.136. The Bertz CT molecular complexity index is 1220. The summed E-state index contributed by atoms with van der Waals surface area (Å²) < 4.78 is 22.9. The van der Waals surface area contributed by atoms with E-state index in [9.17, 15) is 14.7 Å². The fraction of sp³-hybridized carbons (Fsp3) is 0.346. The Labute approximate surface area is 234 Å². The first kappa shape index (κ1) is 29.0. The molecular weight excluding hydrogens is 607 g/mol. The first-order valence-corrected chi connectivity index (χ1v) is 13.0. The zero-order chi connectivity index (χ0) is 27.7. The third-order valence-corrected chi connectivity index (χ3v) is 6.21. The fourth-order valence-corrected chi connectivity index (χ4v) is 4.38. The molecule has 0 fully saturated rings. The molecule has 3 rings (SSSR count). The van der Waals surface area contributed by atoms with Crippen LogP contribution in [-0.2, 0) is 9.53 Å². The van der Waals surface area contributed by atoms with Crippen molar-refractivity contribution in [3.8, 4) is 17.2 Å². The minimum atomic E-state index is -1.10. The Morgan fingerprint density at radius 1 is 1.13 bits per heavy atom. The van der Waals surface area contributed by atoms with E-state index in [1.807, 2.05) is 32.0 Å². The molecular formula is C26H31IN4O7. The minimum absolute atomic E-state index is 0.117. The van der Waals surface area contributed by atoms with Crippen molar-refractivity contribution in [1.29, 1.82) is 0 Å². The first-order chi connectivity index (χ1) is 18.3. The monoisotopic (exact) mass is 638 g/mol. The second-order valence-electron chi connectivity index (χ2n) is 8.04. The smallest absolute Gasteiger partial charge is 0.337 e. The van der Waals surface area contributed by atoms with Crippen molar-refractivity contribution in [2.24, 2.45) is 5.10 Å². The van der Waals surface area contributed by atoms with Gasteiger partial charge in [0.15, 0.2) is 17.7 Å². The van der Waals surface area contributed by atoms with Crippen LogP contribution in [0.4, 0.5) is 4.79 Å². The van der Waals surface area contributed by atoms with Crippen LogP contribution in [0.1, 0.15) is 37.9 Å². The highest BCUT2D eigenvalue weighted by Gasteiger charge is 2.32. The van der Waals surface area contributed by atoms with Crippen LogP contribution in [0.3, 0.4) is 0 Å². The number of aliphatic hydroxyl groups excluding tert-OH is 1. The van der Waals surface area contributed by atoms with Crippen molar-refractivity contribution in [3.63, 3.8) is 0 Å². The summed E-state index contributed by atoms with van der Waals surface area (Å²) in [5.41, 5.74) is 4.75. The van der Waals surface area contributed by atoms with Gasteiger partial charge < -0.3 is 34.7 Å². The van der Waals surface area contributed by atoms with Crippen LogP contribution >= 0.6 is 22.6 Å². The van der Waals surface area contributed by atoms with E-state index >= 15 is 0 Å². The van der Waals surface area contributed by atoms with Crippen molar-refractivity contribution in [3.05, 3.63) is 62.4 Å². The van der Waals surface area contributed by atoms with Gasteiger partial charge in [-0.3, -0.25) is 5.43 Å². The molecule has 2 atom stereocenters. The molecule has 1 aliphatic rings. The molecule has 38 heavy (non-hydrogen) atoms. The van der Waals surface area contributed by atoms with E-state index in [0.29, 0.717) is 36.0 Å². The molecule has 0 bridgehead atoms. The van der Waals surface area contributed by atoms with Gasteiger partial charge >= 0.3 is 12.0 Å². The molecule has 1 aliphatic heterocycles. The molecule has 0 aliphatic carbocycles. The average molecular weight is 638 g/mol. The van der Waals surface area contributed by atoms with Crippen molar-refractivity contribution in [2.45, 2.75) is 33.0 Å². The van der Waals surface area contributed by atoms with E-state index in [4.69, 9.17) is 18.9 Å². The van der Waals surface area contributed by atoms with E-state index in [0.717, 1.165) is 14.9 Å². The number of nitrogens with zero attached hydrogens (tertiary/aromatic N) is 1. The number of aliphatic hydroxyl groups is 1. The Morgan fingerprint density at radius 2 is 1.84 bits per heavy atom. The van der Waals surface area contributed by atoms with E-state index in [-0.39, 0.29) is 12.2 Å². The normalized spacial score (nSPS) is 15.9. The van der Waals surface area contributed by atoms with Crippen LogP contribution < -0.4 is 30.3 Å². The Balaban J connectivity index is 1.67. The number of hydrazone groups is 1. The van der Waals surface area contributed by atoms with Crippen molar-refractivity contribution in [2.75, 3.05) is 26.9 Å². The number of methoxy groups -OCH3 is 1. The third kappa shape index (κ3) is 7.51. The molecule has 1 heterocycles. The number of nitrogens with one attached hydrogen (secondary N) is 3. The number of urea groups is 1. The maximum absolute atomic E-state index is 12.4. The summed E-state index contributed by atoms with van der Waals surface area (Å²) in [6.07, 6.45) is 0.492. The number of esters is 1. The van der Waals surface area contributed by atoms with Crippen LogP contribution in [0.2, 0.25) is 0 Å². The second-order valence-corrected chi connectivity index (χ2v) is 9.20. The van der Waals surface area contributed by atoms with Gasteiger partial charge in [-0.25, -0.2) is 9.59 Å². The van der Waals surface area contributed by atoms with Crippen LogP contribution in [-0.4, -0.2) is 56.5 Å². The summed E-state index contributed by atoms with van der Waals surface area (Å²) in [7, 11) is 1.28. The van der Waals surface area contributed by atoms with Gasteiger partial charge in [0.25, 0.3) is 0 Å². The molecule has 0 unspecified atom stereocenters. The fourth-order valence-electron chi connectivity index (χ4n) is 3.69. The Hall–Kier alpha value is -3.52. The summed E-state index contributed by atoms with van der Waals surface area (Å²) in [6, 6.07) is 9.51. The number of ether oxygens (including phenoxy) is 4. The number of hydrogen-bond acceptors (Lipinski definition) is 9. The SMILES string of the molecule is CCOc1ccc(/C=N\N[C@@H](O)COc2ccc([C@H]3NC(=O)NC(C)=C3C(=O)OC)cc2OCC)cc1I. The van der Waals surface area contributed by atoms with Gasteiger partial charge in [-0.05, 0) is 84.8 Å². The number of rotatable bonds is 12.